The van der Waals surface area contributed by atoms with Crippen molar-refractivity contribution < 1.29 is 0 Å². The van der Waals surface area contributed by atoms with Crippen molar-refractivity contribution in [3.8, 4) is 0 Å². The normalized spacial score (nSPS) is 15.9. The highest BCUT2D eigenvalue weighted by Crippen LogP contribution is 2.29. The van der Waals surface area contributed by atoms with Crippen LogP contribution >= 0.6 is 0 Å². The number of nitrogens with one attached hydrogen (secondary N) is 1. The smallest absolute Gasteiger partial charge is 0.0208 e. The van der Waals surface area contributed by atoms with Gasteiger partial charge in [-0.25, -0.2) is 0 Å². The van der Waals surface area contributed by atoms with Crippen LogP contribution < -0.4 is 11.1 Å². The van der Waals surface area contributed by atoms with E-state index in [1.165, 1.54) is 29.5 Å². The van der Waals surface area contributed by atoms with E-state index >= 15 is 0 Å². The maximum Gasteiger partial charge on any atom is 0.0208 e. The molecule has 0 aliphatic heterocycles. The molecule has 3 rings (SSSR count). The van der Waals surface area contributed by atoms with Crippen LogP contribution in [0.5, 0.6) is 0 Å². The molecular weight excluding hydrogens is 256 g/mol. The van der Waals surface area contributed by atoms with E-state index in [0.717, 1.165) is 18.9 Å². The SMILES string of the molecule is NCC(CC1Cc2ccccc2C1)NCc1ccccc1. The van der Waals surface area contributed by atoms with Crippen LogP contribution in [0.2, 0.25) is 0 Å². The van der Waals surface area contributed by atoms with Gasteiger partial charge in [0.15, 0.2) is 0 Å². The fourth-order valence-corrected chi connectivity index (χ4v) is 3.34. The van der Waals surface area contributed by atoms with Crippen molar-refractivity contribution in [3.05, 3.63) is 71.3 Å². The topological polar surface area (TPSA) is 38.0 Å². The first kappa shape index (κ1) is 14.3. The van der Waals surface area contributed by atoms with Gasteiger partial charge < -0.3 is 11.1 Å². The number of fused-ring (bicyclic) bond motifs is 1. The van der Waals surface area contributed by atoms with Gasteiger partial charge in [-0.1, -0.05) is 54.6 Å². The fraction of sp³-hybridized carbons (Fsp3) is 0.368. The maximum absolute atomic E-state index is 5.96. The molecule has 2 aromatic carbocycles. The lowest BCUT2D eigenvalue weighted by Crippen LogP contribution is -2.37. The first-order valence-electron chi connectivity index (χ1n) is 7.89. The molecule has 2 nitrogen and oxygen atoms in total. The second-order valence-corrected chi connectivity index (χ2v) is 6.08. The Morgan fingerprint density at radius 1 is 0.952 bits per heavy atom. The second-order valence-electron chi connectivity index (χ2n) is 6.08. The first-order chi connectivity index (χ1) is 10.3. The Kier molecular flexibility index (Phi) is 4.69. The Hall–Kier alpha value is -1.64. The Labute approximate surface area is 127 Å². The zero-order chi connectivity index (χ0) is 14.5. The molecule has 0 radical (unpaired) electrons. The molecule has 1 unspecified atom stereocenters. The quantitative estimate of drug-likeness (QED) is 0.854. The second kappa shape index (κ2) is 6.88. The summed E-state index contributed by atoms with van der Waals surface area (Å²) in [6, 6.07) is 19.8. The summed E-state index contributed by atoms with van der Waals surface area (Å²) in [7, 11) is 0. The van der Waals surface area contributed by atoms with Gasteiger partial charge in [0, 0.05) is 19.1 Å². The average molecular weight is 280 g/mol. The summed E-state index contributed by atoms with van der Waals surface area (Å²) < 4.78 is 0. The monoisotopic (exact) mass is 280 g/mol. The molecule has 110 valence electrons. The predicted molar refractivity (Wildman–Crippen MR) is 88.1 cm³/mol. The molecule has 0 fully saturated rings. The minimum atomic E-state index is 0.407. The van der Waals surface area contributed by atoms with Gasteiger partial charge >= 0.3 is 0 Å². The molecule has 0 saturated carbocycles. The van der Waals surface area contributed by atoms with Crippen LogP contribution in [0.3, 0.4) is 0 Å². The number of rotatable bonds is 6. The summed E-state index contributed by atoms with van der Waals surface area (Å²) in [6.07, 6.45) is 3.58. The summed E-state index contributed by atoms with van der Waals surface area (Å²) in [6.45, 7) is 1.61. The van der Waals surface area contributed by atoms with Gasteiger partial charge in [-0.3, -0.25) is 0 Å². The van der Waals surface area contributed by atoms with Crippen molar-refractivity contribution in [1.29, 1.82) is 0 Å². The lowest BCUT2D eigenvalue weighted by Gasteiger charge is -2.20. The fourth-order valence-electron chi connectivity index (χ4n) is 3.34. The molecule has 0 heterocycles. The lowest BCUT2D eigenvalue weighted by molar-refractivity contribution is 0.395. The van der Waals surface area contributed by atoms with E-state index in [9.17, 15) is 0 Å². The highest BCUT2D eigenvalue weighted by molar-refractivity contribution is 5.32. The highest BCUT2D eigenvalue weighted by Gasteiger charge is 2.23. The van der Waals surface area contributed by atoms with Crippen LogP contribution in [0.1, 0.15) is 23.1 Å². The average Bonchev–Trinajstić information content (AvgIpc) is 2.94. The molecule has 1 atom stereocenters. The zero-order valence-corrected chi connectivity index (χ0v) is 12.5. The van der Waals surface area contributed by atoms with Gasteiger partial charge in [-0.05, 0) is 41.9 Å². The standard InChI is InChI=1S/C19H24N2/c20-13-19(21-14-15-6-2-1-3-7-15)12-16-10-17-8-4-5-9-18(17)11-16/h1-9,16,19,21H,10-14,20H2. The van der Waals surface area contributed by atoms with Crippen LogP contribution in [0.4, 0.5) is 0 Å². The van der Waals surface area contributed by atoms with Crippen LogP contribution in [0.25, 0.3) is 0 Å². The van der Waals surface area contributed by atoms with Crippen LogP contribution in [0, 0.1) is 5.92 Å². The summed E-state index contributed by atoms with van der Waals surface area (Å²) in [5, 5.41) is 3.61. The van der Waals surface area contributed by atoms with Crippen molar-refractivity contribution in [2.24, 2.45) is 11.7 Å². The highest BCUT2D eigenvalue weighted by atomic mass is 14.9. The summed E-state index contributed by atoms with van der Waals surface area (Å²) >= 11 is 0. The van der Waals surface area contributed by atoms with E-state index < -0.39 is 0 Å². The Morgan fingerprint density at radius 2 is 1.57 bits per heavy atom. The third-order valence-electron chi connectivity index (χ3n) is 4.48. The van der Waals surface area contributed by atoms with E-state index in [4.69, 9.17) is 5.73 Å². The van der Waals surface area contributed by atoms with E-state index in [1.807, 2.05) is 0 Å². The van der Waals surface area contributed by atoms with E-state index in [2.05, 4.69) is 59.9 Å². The molecule has 3 N–H and O–H groups in total. The van der Waals surface area contributed by atoms with Gasteiger partial charge in [0.2, 0.25) is 0 Å². The molecule has 2 heteroatoms. The predicted octanol–water partition coefficient (Wildman–Crippen LogP) is 2.91. The largest absolute Gasteiger partial charge is 0.329 e. The number of hydrogen-bond acceptors (Lipinski definition) is 2. The van der Waals surface area contributed by atoms with Gasteiger partial charge in [-0.15, -0.1) is 0 Å². The van der Waals surface area contributed by atoms with Crippen LogP contribution in [-0.4, -0.2) is 12.6 Å². The molecule has 1 aliphatic rings. The van der Waals surface area contributed by atoms with E-state index in [0.29, 0.717) is 12.6 Å². The van der Waals surface area contributed by atoms with Crippen molar-refractivity contribution in [2.75, 3.05) is 6.54 Å². The van der Waals surface area contributed by atoms with Gasteiger partial charge in [0.25, 0.3) is 0 Å². The zero-order valence-electron chi connectivity index (χ0n) is 12.5. The lowest BCUT2D eigenvalue weighted by atomic mass is 9.96. The van der Waals surface area contributed by atoms with E-state index in [-0.39, 0.29) is 0 Å². The molecular formula is C19H24N2. The van der Waals surface area contributed by atoms with Crippen LogP contribution in [0.15, 0.2) is 54.6 Å². The van der Waals surface area contributed by atoms with Crippen molar-refractivity contribution in [2.45, 2.75) is 31.8 Å². The van der Waals surface area contributed by atoms with Crippen LogP contribution in [-0.2, 0) is 19.4 Å². The maximum atomic E-state index is 5.96. The molecule has 0 aromatic heterocycles. The summed E-state index contributed by atoms with van der Waals surface area (Å²) in [5.74, 6) is 0.735. The minimum Gasteiger partial charge on any atom is -0.329 e. The van der Waals surface area contributed by atoms with Crippen molar-refractivity contribution >= 4 is 0 Å². The van der Waals surface area contributed by atoms with Crippen molar-refractivity contribution in [3.63, 3.8) is 0 Å². The van der Waals surface area contributed by atoms with Crippen molar-refractivity contribution in [1.82, 2.24) is 5.32 Å². The Bertz CT molecular complexity index is 540. The third kappa shape index (κ3) is 3.72. The molecule has 2 aromatic rings. The summed E-state index contributed by atoms with van der Waals surface area (Å²) in [5.41, 5.74) is 10.3. The Morgan fingerprint density at radius 3 is 2.19 bits per heavy atom. The minimum absolute atomic E-state index is 0.407. The molecule has 0 amide bonds. The van der Waals surface area contributed by atoms with Gasteiger partial charge in [0.05, 0.1) is 0 Å². The molecule has 0 spiro atoms. The molecule has 1 aliphatic carbocycles. The molecule has 0 saturated heterocycles. The molecule has 0 bridgehead atoms. The van der Waals surface area contributed by atoms with E-state index in [1.54, 1.807) is 0 Å². The first-order valence-corrected chi connectivity index (χ1v) is 7.89. The van der Waals surface area contributed by atoms with Gasteiger partial charge in [0.1, 0.15) is 0 Å². The number of nitrogens with two attached hydrogens (primary N) is 1. The third-order valence-corrected chi connectivity index (χ3v) is 4.48. The number of benzene rings is 2. The number of hydrogen-bond donors (Lipinski definition) is 2. The summed E-state index contributed by atoms with van der Waals surface area (Å²) in [4.78, 5) is 0. The Balaban J connectivity index is 1.52. The molecule has 21 heavy (non-hydrogen) atoms. The van der Waals surface area contributed by atoms with Gasteiger partial charge in [-0.2, -0.15) is 0 Å².